The first kappa shape index (κ1) is 16.6. The molecule has 126 valence electrons. The van der Waals surface area contributed by atoms with Crippen molar-refractivity contribution in [3.8, 4) is 5.75 Å². The molecule has 1 saturated heterocycles. The van der Waals surface area contributed by atoms with Crippen LogP contribution in [0.15, 0.2) is 42.5 Å². The van der Waals surface area contributed by atoms with Crippen LogP contribution in [0.4, 0.5) is 10.1 Å². The molecule has 24 heavy (non-hydrogen) atoms. The maximum Gasteiger partial charge on any atom is 0.256 e. The highest BCUT2D eigenvalue weighted by Crippen LogP contribution is 2.28. The van der Waals surface area contributed by atoms with E-state index < -0.39 is 5.82 Å². The van der Waals surface area contributed by atoms with Gasteiger partial charge in [-0.2, -0.15) is 0 Å². The lowest BCUT2D eigenvalue weighted by Gasteiger charge is -2.36. The summed E-state index contributed by atoms with van der Waals surface area (Å²) in [7, 11) is 1.64. The minimum Gasteiger partial charge on any atom is -0.495 e. The number of ether oxygens (including phenoxy) is 1. The van der Waals surface area contributed by atoms with Crippen LogP contribution in [-0.4, -0.2) is 44.1 Å². The van der Waals surface area contributed by atoms with Crippen molar-refractivity contribution in [2.45, 2.75) is 0 Å². The molecule has 0 spiro atoms. The average Bonchev–Trinajstić information content (AvgIpc) is 2.61. The summed E-state index contributed by atoms with van der Waals surface area (Å²) in [6, 6.07) is 11.9. The molecule has 3 rings (SSSR count). The van der Waals surface area contributed by atoms with Crippen LogP contribution in [0.3, 0.4) is 0 Å². The highest BCUT2D eigenvalue weighted by Gasteiger charge is 2.25. The number of methoxy groups -OCH3 is 1. The number of halogens is 2. The van der Waals surface area contributed by atoms with Gasteiger partial charge in [-0.3, -0.25) is 4.79 Å². The van der Waals surface area contributed by atoms with Gasteiger partial charge in [-0.05, 0) is 30.3 Å². The number of para-hydroxylation sites is 2. The molecule has 4 nitrogen and oxygen atoms in total. The van der Waals surface area contributed by atoms with Crippen molar-refractivity contribution in [2.75, 3.05) is 38.2 Å². The maximum atomic E-state index is 13.9. The van der Waals surface area contributed by atoms with Gasteiger partial charge in [-0.1, -0.05) is 23.7 Å². The quantitative estimate of drug-likeness (QED) is 0.851. The Labute approximate surface area is 145 Å². The Morgan fingerprint density at radius 1 is 1.12 bits per heavy atom. The first-order valence-electron chi connectivity index (χ1n) is 7.72. The zero-order valence-electron chi connectivity index (χ0n) is 13.3. The second-order valence-electron chi connectivity index (χ2n) is 5.58. The molecule has 1 amide bonds. The van der Waals surface area contributed by atoms with Crippen molar-refractivity contribution < 1.29 is 13.9 Å². The number of amides is 1. The number of hydrogen-bond acceptors (Lipinski definition) is 3. The third-order valence-corrected chi connectivity index (χ3v) is 4.39. The van der Waals surface area contributed by atoms with Crippen LogP contribution in [0.2, 0.25) is 5.02 Å². The van der Waals surface area contributed by atoms with Crippen LogP contribution in [0.1, 0.15) is 10.4 Å². The molecular weight excluding hydrogens is 331 g/mol. The minimum absolute atomic E-state index is 0.0603. The smallest absolute Gasteiger partial charge is 0.256 e. The van der Waals surface area contributed by atoms with Crippen LogP contribution in [0.5, 0.6) is 5.75 Å². The molecule has 0 saturated carbocycles. The van der Waals surface area contributed by atoms with E-state index in [-0.39, 0.29) is 16.5 Å². The number of hydrogen-bond donors (Lipinski definition) is 0. The normalized spacial score (nSPS) is 14.6. The lowest BCUT2D eigenvalue weighted by molar-refractivity contribution is 0.0742. The van der Waals surface area contributed by atoms with Crippen molar-refractivity contribution >= 4 is 23.2 Å². The number of piperazine rings is 1. The molecule has 2 aromatic rings. The lowest BCUT2D eigenvalue weighted by Crippen LogP contribution is -2.49. The Morgan fingerprint density at radius 3 is 2.50 bits per heavy atom. The number of benzene rings is 2. The molecule has 0 aliphatic carbocycles. The first-order chi connectivity index (χ1) is 11.6. The summed E-state index contributed by atoms with van der Waals surface area (Å²) in [4.78, 5) is 16.3. The van der Waals surface area contributed by atoms with E-state index in [1.54, 1.807) is 12.0 Å². The van der Waals surface area contributed by atoms with Gasteiger partial charge in [0.05, 0.1) is 18.4 Å². The zero-order chi connectivity index (χ0) is 17.1. The second kappa shape index (κ2) is 7.09. The van der Waals surface area contributed by atoms with Gasteiger partial charge in [-0.15, -0.1) is 0 Å². The molecule has 6 heteroatoms. The third kappa shape index (κ3) is 3.31. The van der Waals surface area contributed by atoms with Gasteiger partial charge in [0.25, 0.3) is 5.91 Å². The summed E-state index contributed by atoms with van der Waals surface area (Å²) >= 11 is 5.74. The fraction of sp³-hybridized carbons (Fsp3) is 0.278. The summed E-state index contributed by atoms with van der Waals surface area (Å²) in [6.45, 7) is 2.39. The Kier molecular flexibility index (Phi) is 4.90. The van der Waals surface area contributed by atoms with E-state index in [1.165, 1.54) is 18.2 Å². The van der Waals surface area contributed by atoms with Gasteiger partial charge in [0, 0.05) is 31.2 Å². The molecule has 0 N–H and O–H groups in total. The number of rotatable bonds is 3. The van der Waals surface area contributed by atoms with Gasteiger partial charge in [0.2, 0.25) is 0 Å². The number of carbonyl (C=O) groups is 1. The molecule has 0 atom stereocenters. The molecule has 0 unspecified atom stereocenters. The summed E-state index contributed by atoms with van der Waals surface area (Å²) in [5.41, 5.74) is 1.06. The van der Waals surface area contributed by atoms with E-state index in [0.29, 0.717) is 26.2 Å². The van der Waals surface area contributed by atoms with E-state index in [9.17, 15) is 9.18 Å². The number of carbonyl (C=O) groups excluding carboxylic acids is 1. The molecule has 0 bridgehead atoms. The SMILES string of the molecule is COc1ccccc1N1CCN(C(=O)c2ccc(Cl)cc2F)CC1. The van der Waals surface area contributed by atoms with Crippen molar-refractivity contribution in [1.29, 1.82) is 0 Å². The molecule has 2 aromatic carbocycles. The van der Waals surface area contributed by atoms with Gasteiger partial charge in [0.15, 0.2) is 0 Å². The molecule has 0 aromatic heterocycles. The lowest BCUT2D eigenvalue weighted by atomic mass is 10.1. The van der Waals surface area contributed by atoms with Gasteiger partial charge < -0.3 is 14.5 Å². The molecule has 1 aliphatic heterocycles. The summed E-state index contributed by atoms with van der Waals surface area (Å²) in [6.07, 6.45) is 0. The van der Waals surface area contributed by atoms with Crippen LogP contribution in [0, 0.1) is 5.82 Å². The van der Waals surface area contributed by atoms with E-state index >= 15 is 0 Å². The van der Waals surface area contributed by atoms with Gasteiger partial charge >= 0.3 is 0 Å². The van der Waals surface area contributed by atoms with Crippen molar-refractivity contribution in [2.24, 2.45) is 0 Å². The highest BCUT2D eigenvalue weighted by atomic mass is 35.5. The maximum absolute atomic E-state index is 13.9. The molecule has 0 radical (unpaired) electrons. The molecule has 1 fully saturated rings. The third-order valence-electron chi connectivity index (χ3n) is 4.15. The van der Waals surface area contributed by atoms with Crippen LogP contribution in [0.25, 0.3) is 0 Å². The predicted octanol–water partition coefficient (Wildman–Crippen LogP) is 3.45. The zero-order valence-corrected chi connectivity index (χ0v) is 14.1. The Hall–Kier alpha value is -2.27. The van der Waals surface area contributed by atoms with Gasteiger partial charge in [-0.25, -0.2) is 4.39 Å². The van der Waals surface area contributed by atoms with E-state index in [4.69, 9.17) is 16.3 Å². The van der Waals surface area contributed by atoms with Crippen LogP contribution >= 0.6 is 11.6 Å². The Bertz CT molecular complexity index is 746. The standard InChI is InChI=1S/C18H18ClFN2O2/c1-24-17-5-3-2-4-16(17)21-8-10-22(11-9-21)18(23)14-7-6-13(19)12-15(14)20/h2-7,12H,8-11H2,1H3. The van der Waals surface area contributed by atoms with E-state index in [1.807, 2.05) is 24.3 Å². The van der Waals surface area contributed by atoms with Crippen molar-refractivity contribution in [1.82, 2.24) is 4.90 Å². The largest absolute Gasteiger partial charge is 0.495 e. The first-order valence-corrected chi connectivity index (χ1v) is 8.10. The van der Waals surface area contributed by atoms with Crippen LogP contribution < -0.4 is 9.64 Å². The summed E-state index contributed by atoms with van der Waals surface area (Å²) in [5.74, 6) is -0.0791. The summed E-state index contributed by atoms with van der Waals surface area (Å²) in [5, 5.41) is 0.282. The van der Waals surface area contributed by atoms with E-state index in [0.717, 1.165) is 11.4 Å². The Balaban J connectivity index is 1.69. The van der Waals surface area contributed by atoms with E-state index in [2.05, 4.69) is 4.90 Å². The van der Waals surface area contributed by atoms with Crippen molar-refractivity contribution in [3.63, 3.8) is 0 Å². The molecular formula is C18H18ClFN2O2. The fourth-order valence-corrected chi connectivity index (χ4v) is 3.03. The monoisotopic (exact) mass is 348 g/mol. The van der Waals surface area contributed by atoms with Crippen molar-refractivity contribution in [3.05, 3.63) is 58.9 Å². The van der Waals surface area contributed by atoms with Gasteiger partial charge in [0.1, 0.15) is 11.6 Å². The molecule has 1 aliphatic rings. The fourth-order valence-electron chi connectivity index (χ4n) is 2.87. The van der Waals surface area contributed by atoms with Crippen LogP contribution in [-0.2, 0) is 0 Å². The topological polar surface area (TPSA) is 32.8 Å². The predicted molar refractivity (Wildman–Crippen MR) is 92.5 cm³/mol. The molecule has 1 heterocycles. The average molecular weight is 349 g/mol. The minimum atomic E-state index is -0.584. The Morgan fingerprint density at radius 2 is 1.83 bits per heavy atom. The second-order valence-corrected chi connectivity index (χ2v) is 6.01. The summed E-state index contributed by atoms with van der Waals surface area (Å²) < 4.78 is 19.3. The number of anilines is 1. The number of nitrogens with zero attached hydrogens (tertiary/aromatic N) is 2. The highest BCUT2D eigenvalue weighted by molar-refractivity contribution is 6.30.